The highest BCUT2D eigenvalue weighted by Crippen LogP contribution is 2.16. The largest absolute Gasteiger partial charge is 0.770 e. The van der Waals surface area contributed by atoms with Crippen LogP contribution >= 0.6 is 8.25 Å². The van der Waals surface area contributed by atoms with Gasteiger partial charge in [0.15, 0.2) is 0 Å². The molecule has 1 heterocycles. The van der Waals surface area contributed by atoms with Gasteiger partial charge in [0.2, 0.25) is 0 Å². The molecule has 0 aromatic carbocycles. The summed E-state index contributed by atoms with van der Waals surface area (Å²) < 4.78 is 21.0. The molecule has 1 atom stereocenters. The molecule has 1 aromatic rings. The van der Waals surface area contributed by atoms with Crippen molar-refractivity contribution in [3.8, 4) is 0 Å². The maximum absolute atomic E-state index is 10.6. The molecule has 0 N–H and O–H groups in total. The molecule has 1 rings (SSSR count). The summed E-state index contributed by atoms with van der Waals surface area (Å²) in [6.07, 6.45) is 3.26. The van der Waals surface area contributed by atoms with Crippen molar-refractivity contribution in [3.05, 3.63) is 24.5 Å². The zero-order valence-corrected chi connectivity index (χ0v) is 6.32. The Labute approximate surface area is 59.3 Å². The molecule has 1 unspecified atom stereocenters. The molecule has 0 saturated heterocycles. The molecule has 0 amide bonds. The minimum atomic E-state index is -2.02. The maximum Gasteiger partial charge on any atom is 0.770 e. The second-order valence-electron chi connectivity index (χ2n) is 1.53. The summed E-state index contributed by atoms with van der Waals surface area (Å²) in [5, 5.41) is 0. The molecule has 0 aliphatic rings. The molecule has 0 aliphatic heterocycles. The highest BCUT2D eigenvalue weighted by molar-refractivity contribution is 7.33. The molecule has 1 aromatic heterocycles. The van der Waals surface area contributed by atoms with E-state index >= 15 is 0 Å². The summed E-state index contributed by atoms with van der Waals surface area (Å²) in [4.78, 5) is 0. The van der Waals surface area contributed by atoms with Gasteiger partial charge in [0, 0.05) is 17.0 Å². The summed E-state index contributed by atoms with van der Waals surface area (Å²) in [6, 6.07) is 3.53. The Hall–Kier alpha value is -0.860. The first-order chi connectivity index (χ1) is 4.83. The number of rotatable bonds is 3. The average Bonchev–Trinajstić information content (AvgIpc) is 2.40. The van der Waals surface area contributed by atoms with Crippen LogP contribution in [0.5, 0.6) is 0 Å². The van der Waals surface area contributed by atoms with E-state index in [4.69, 9.17) is 4.62 Å². The van der Waals surface area contributed by atoms with Crippen LogP contribution < -0.4 is 4.62 Å². The fourth-order valence-corrected chi connectivity index (χ4v) is 0.813. The van der Waals surface area contributed by atoms with Gasteiger partial charge in [-0.25, -0.2) is 0 Å². The SMILES string of the molecule is CO[P+](=O)On1cccc1. The monoisotopic (exact) mass is 160 g/mol. The van der Waals surface area contributed by atoms with Crippen molar-refractivity contribution in [2.45, 2.75) is 0 Å². The molecule has 4 nitrogen and oxygen atoms in total. The third kappa shape index (κ3) is 1.83. The van der Waals surface area contributed by atoms with Crippen LogP contribution in [0.1, 0.15) is 0 Å². The molecule has 5 heteroatoms. The normalized spacial score (nSPS) is 11.1. The van der Waals surface area contributed by atoms with Gasteiger partial charge in [-0.2, -0.15) is 0 Å². The van der Waals surface area contributed by atoms with E-state index in [-0.39, 0.29) is 0 Å². The Morgan fingerprint density at radius 2 is 2.00 bits per heavy atom. The Balaban J connectivity index is 2.48. The van der Waals surface area contributed by atoms with Crippen molar-refractivity contribution in [3.63, 3.8) is 0 Å². The minimum absolute atomic E-state index is 1.32. The van der Waals surface area contributed by atoms with Crippen molar-refractivity contribution < 1.29 is 13.7 Å². The van der Waals surface area contributed by atoms with Crippen LogP contribution in [0.25, 0.3) is 0 Å². The van der Waals surface area contributed by atoms with Crippen molar-refractivity contribution >= 4 is 8.25 Å². The Kier molecular flexibility index (Phi) is 2.42. The highest BCUT2D eigenvalue weighted by atomic mass is 31.1. The molecule has 0 spiro atoms. The summed E-state index contributed by atoms with van der Waals surface area (Å²) in [5.41, 5.74) is 0. The summed E-state index contributed by atoms with van der Waals surface area (Å²) in [7, 11) is -0.694. The van der Waals surface area contributed by atoms with Gasteiger partial charge in [-0.05, 0) is 12.1 Å². The van der Waals surface area contributed by atoms with Crippen LogP contribution in [-0.4, -0.2) is 11.8 Å². The summed E-state index contributed by atoms with van der Waals surface area (Å²) in [6.45, 7) is 0. The molecule has 0 bridgehead atoms. The van der Waals surface area contributed by atoms with Gasteiger partial charge in [0.1, 0.15) is 0 Å². The lowest BCUT2D eigenvalue weighted by Gasteiger charge is -1.86. The minimum Gasteiger partial charge on any atom is -0.141 e. The van der Waals surface area contributed by atoms with Gasteiger partial charge < -0.3 is 0 Å². The Bertz CT molecular complexity index is 209. The number of aromatic nitrogens is 1. The molecule has 54 valence electrons. The van der Waals surface area contributed by atoms with Gasteiger partial charge in [-0.15, -0.1) is 13.9 Å². The molecule has 0 fully saturated rings. The Morgan fingerprint density at radius 3 is 2.50 bits per heavy atom. The number of nitrogens with zero attached hydrogens (tertiary/aromatic N) is 1. The van der Waals surface area contributed by atoms with Crippen LogP contribution in [0.2, 0.25) is 0 Å². The van der Waals surface area contributed by atoms with Crippen LogP contribution in [0, 0.1) is 0 Å². The van der Waals surface area contributed by atoms with E-state index in [9.17, 15) is 4.57 Å². The fraction of sp³-hybridized carbons (Fsp3) is 0.200. The van der Waals surface area contributed by atoms with Gasteiger partial charge >= 0.3 is 8.25 Å². The smallest absolute Gasteiger partial charge is 0.141 e. The van der Waals surface area contributed by atoms with E-state index in [1.807, 2.05) is 0 Å². The molecular formula is C5H7NO3P+. The van der Waals surface area contributed by atoms with Crippen molar-refractivity contribution in [1.29, 1.82) is 0 Å². The van der Waals surface area contributed by atoms with E-state index in [2.05, 4.69) is 4.52 Å². The van der Waals surface area contributed by atoms with Gasteiger partial charge in [-0.3, -0.25) is 0 Å². The second kappa shape index (κ2) is 3.34. The van der Waals surface area contributed by atoms with E-state index in [0.717, 1.165) is 0 Å². The summed E-state index contributed by atoms with van der Waals surface area (Å²) in [5.74, 6) is 0. The van der Waals surface area contributed by atoms with Crippen LogP contribution in [0.4, 0.5) is 0 Å². The lowest BCUT2D eigenvalue weighted by atomic mass is 10.7. The maximum atomic E-state index is 10.6. The molecule has 0 saturated carbocycles. The van der Waals surface area contributed by atoms with E-state index < -0.39 is 8.25 Å². The first-order valence-corrected chi connectivity index (χ1v) is 3.75. The van der Waals surface area contributed by atoms with E-state index in [0.29, 0.717) is 0 Å². The Morgan fingerprint density at radius 1 is 1.40 bits per heavy atom. The van der Waals surface area contributed by atoms with Crippen LogP contribution in [0.15, 0.2) is 24.5 Å². The molecule has 10 heavy (non-hydrogen) atoms. The fourth-order valence-electron chi connectivity index (χ4n) is 0.483. The topological polar surface area (TPSA) is 40.5 Å². The third-order valence-corrected chi connectivity index (χ3v) is 1.51. The number of hydrogen-bond acceptors (Lipinski definition) is 3. The third-order valence-electron chi connectivity index (χ3n) is 0.887. The lowest BCUT2D eigenvalue weighted by molar-refractivity contribution is 0.232. The van der Waals surface area contributed by atoms with Crippen molar-refractivity contribution in [2.24, 2.45) is 0 Å². The predicted molar refractivity (Wildman–Crippen MR) is 35.6 cm³/mol. The second-order valence-corrected chi connectivity index (χ2v) is 2.51. The predicted octanol–water partition coefficient (Wildman–Crippen LogP) is 1.22. The molecule has 0 radical (unpaired) electrons. The van der Waals surface area contributed by atoms with Crippen LogP contribution in [-0.2, 0) is 9.09 Å². The van der Waals surface area contributed by atoms with E-state index in [1.54, 1.807) is 24.5 Å². The van der Waals surface area contributed by atoms with Crippen molar-refractivity contribution in [1.82, 2.24) is 4.73 Å². The highest BCUT2D eigenvalue weighted by Gasteiger charge is 2.17. The van der Waals surface area contributed by atoms with Crippen LogP contribution in [0.3, 0.4) is 0 Å². The van der Waals surface area contributed by atoms with Gasteiger partial charge in [0.25, 0.3) is 0 Å². The van der Waals surface area contributed by atoms with Crippen molar-refractivity contribution in [2.75, 3.05) is 7.11 Å². The first kappa shape index (κ1) is 7.25. The molecule has 0 aliphatic carbocycles. The summed E-state index contributed by atoms with van der Waals surface area (Å²) >= 11 is 0. The van der Waals surface area contributed by atoms with Gasteiger partial charge in [0.05, 0.1) is 7.11 Å². The zero-order chi connectivity index (χ0) is 7.40. The first-order valence-electron chi connectivity index (χ1n) is 2.65. The molecular weight excluding hydrogens is 153 g/mol. The lowest BCUT2D eigenvalue weighted by Crippen LogP contribution is -1.99. The number of hydrogen-bond donors (Lipinski definition) is 0. The average molecular weight is 160 g/mol. The zero-order valence-electron chi connectivity index (χ0n) is 5.43. The van der Waals surface area contributed by atoms with E-state index in [1.165, 1.54) is 11.8 Å². The quantitative estimate of drug-likeness (QED) is 0.624. The van der Waals surface area contributed by atoms with Gasteiger partial charge in [-0.1, -0.05) is 0 Å². The standard InChI is InChI=1S/C5H7NO3P/c1-8-10(7)9-6-4-2-3-5-6/h2-5H,1H3/q+1.